The zero-order valence-electron chi connectivity index (χ0n) is 11.0. The Hall–Kier alpha value is -1.17. The van der Waals surface area contributed by atoms with Gasteiger partial charge in [0.2, 0.25) is 0 Å². The van der Waals surface area contributed by atoms with Gasteiger partial charge in [-0.05, 0) is 17.7 Å². The van der Waals surface area contributed by atoms with Gasteiger partial charge in [0.15, 0.2) is 0 Å². The van der Waals surface area contributed by atoms with E-state index in [1.54, 1.807) is 19.2 Å². The molecule has 0 heterocycles. The van der Waals surface area contributed by atoms with E-state index in [9.17, 15) is 4.39 Å². The highest BCUT2D eigenvalue weighted by Crippen LogP contribution is 2.17. The zero-order valence-corrected chi connectivity index (χ0v) is 11.7. The van der Waals surface area contributed by atoms with Gasteiger partial charge in [0, 0.05) is 33.2 Å². The lowest BCUT2D eigenvalue weighted by Crippen LogP contribution is -2.30. The van der Waals surface area contributed by atoms with Gasteiger partial charge in [-0.15, -0.1) is 0 Å². The molecule has 0 saturated heterocycles. The molecule has 1 aromatic rings. The van der Waals surface area contributed by atoms with Crippen molar-refractivity contribution in [1.29, 1.82) is 5.41 Å². The van der Waals surface area contributed by atoms with Gasteiger partial charge >= 0.3 is 0 Å². The van der Waals surface area contributed by atoms with Crippen molar-refractivity contribution < 1.29 is 9.13 Å². The number of ether oxygens (including phenoxy) is 1. The van der Waals surface area contributed by atoms with E-state index in [1.807, 2.05) is 0 Å². The normalized spacial score (nSPS) is 10.9. The molecule has 1 aromatic carbocycles. The lowest BCUT2D eigenvalue weighted by Gasteiger charge is -2.21. The summed E-state index contributed by atoms with van der Waals surface area (Å²) in [6.45, 7) is 2.59. The Kier molecular flexibility index (Phi) is 6.77. The number of hydrogen-bond acceptors (Lipinski definition) is 3. The highest BCUT2D eigenvalue weighted by molar-refractivity contribution is 6.30. The first-order valence-electron chi connectivity index (χ1n) is 6.01. The monoisotopic (exact) mass is 287 g/mol. The van der Waals surface area contributed by atoms with E-state index in [1.165, 1.54) is 6.07 Å². The van der Waals surface area contributed by atoms with E-state index >= 15 is 0 Å². The molecule has 6 heteroatoms. The maximum absolute atomic E-state index is 13.1. The van der Waals surface area contributed by atoms with Gasteiger partial charge in [0.1, 0.15) is 5.82 Å². The molecule has 106 valence electrons. The molecule has 1 rings (SSSR count). The number of amidine groups is 1. The van der Waals surface area contributed by atoms with Crippen LogP contribution in [0.2, 0.25) is 5.02 Å². The van der Waals surface area contributed by atoms with Crippen LogP contribution >= 0.6 is 11.6 Å². The van der Waals surface area contributed by atoms with Gasteiger partial charge in [-0.3, -0.25) is 10.3 Å². The molecule has 0 aliphatic heterocycles. The van der Waals surface area contributed by atoms with Crippen LogP contribution in [0.5, 0.6) is 0 Å². The second kappa shape index (κ2) is 8.09. The fourth-order valence-electron chi connectivity index (χ4n) is 1.67. The first-order chi connectivity index (χ1) is 9.02. The standard InChI is InChI=1S/C13H19ClFN3O/c1-19-7-6-18(5-4-13(16)17)9-10-2-3-12(15)11(14)8-10/h2-3,8H,4-7,9H2,1H3,(H3,16,17). The first kappa shape index (κ1) is 15.9. The summed E-state index contributed by atoms with van der Waals surface area (Å²) in [4.78, 5) is 2.09. The zero-order chi connectivity index (χ0) is 14.3. The summed E-state index contributed by atoms with van der Waals surface area (Å²) in [5.74, 6) is -0.267. The Balaban J connectivity index is 2.63. The summed E-state index contributed by atoms with van der Waals surface area (Å²) < 4.78 is 18.1. The number of halogens is 2. The lowest BCUT2D eigenvalue weighted by atomic mass is 10.2. The Morgan fingerprint density at radius 3 is 2.79 bits per heavy atom. The Labute approximate surface area is 117 Å². The summed E-state index contributed by atoms with van der Waals surface area (Å²) >= 11 is 5.76. The average molecular weight is 288 g/mol. The highest BCUT2D eigenvalue weighted by Gasteiger charge is 2.08. The van der Waals surface area contributed by atoms with Crippen LogP contribution in [0.25, 0.3) is 0 Å². The molecule has 4 nitrogen and oxygen atoms in total. The van der Waals surface area contributed by atoms with Crippen molar-refractivity contribution in [2.45, 2.75) is 13.0 Å². The highest BCUT2D eigenvalue weighted by atomic mass is 35.5. The second-order valence-electron chi connectivity index (χ2n) is 4.29. The van der Waals surface area contributed by atoms with Gasteiger partial charge in [-0.1, -0.05) is 17.7 Å². The van der Waals surface area contributed by atoms with E-state index in [2.05, 4.69) is 4.90 Å². The Bertz CT molecular complexity index is 428. The van der Waals surface area contributed by atoms with Crippen LogP contribution in [-0.2, 0) is 11.3 Å². The first-order valence-corrected chi connectivity index (χ1v) is 6.39. The summed E-state index contributed by atoms with van der Waals surface area (Å²) in [5.41, 5.74) is 6.28. The third-order valence-electron chi connectivity index (χ3n) is 2.70. The maximum atomic E-state index is 13.1. The minimum Gasteiger partial charge on any atom is -0.388 e. The van der Waals surface area contributed by atoms with Crippen molar-refractivity contribution in [3.8, 4) is 0 Å². The predicted octanol–water partition coefficient (Wildman–Crippen LogP) is 2.25. The molecule has 0 aliphatic rings. The average Bonchev–Trinajstić information content (AvgIpc) is 2.37. The molecule has 0 aliphatic carbocycles. The summed E-state index contributed by atoms with van der Waals surface area (Å²) in [7, 11) is 1.64. The van der Waals surface area contributed by atoms with Crippen LogP contribution < -0.4 is 5.73 Å². The quantitative estimate of drug-likeness (QED) is 0.569. The minimum atomic E-state index is -0.419. The maximum Gasteiger partial charge on any atom is 0.141 e. The fraction of sp³-hybridized carbons (Fsp3) is 0.462. The SMILES string of the molecule is COCCN(CCC(=N)N)Cc1ccc(F)c(Cl)c1. The number of methoxy groups -OCH3 is 1. The molecule has 0 fully saturated rings. The van der Waals surface area contributed by atoms with E-state index in [0.29, 0.717) is 26.1 Å². The van der Waals surface area contributed by atoms with Gasteiger partial charge in [-0.2, -0.15) is 0 Å². The molecule has 0 bridgehead atoms. The van der Waals surface area contributed by atoms with Crippen molar-refractivity contribution in [3.63, 3.8) is 0 Å². The van der Waals surface area contributed by atoms with E-state index in [4.69, 9.17) is 27.5 Å². The summed E-state index contributed by atoms with van der Waals surface area (Å²) in [6, 6.07) is 4.68. The third kappa shape index (κ3) is 6.00. The number of benzene rings is 1. The van der Waals surface area contributed by atoms with Crippen LogP contribution in [0.4, 0.5) is 4.39 Å². The molecule has 0 saturated carbocycles. The van der Waals surface area contributed by atoms with Crippen LogP contribution in [0.3, 0.4) is 0 Å². The topological polar surface area (TPSA) is 62.3 Å². The Morgan fingerprint density at radius 2 is 2.21 bits per heavy atom. The number of hydrogen-bond donors (Lipinski definition) is 2. The number of nitrogens with zero attached hydrogens (tertiary/aromatic N) is 1. The number of nitrogens with two attached hydrogens (primary N) is 1. The molecule has 0 radical (unpaired) electrons. The van der Waals surface area contributed by atoms with Gasteiger partial charge in [0.25, 0.3) is 0 Å². The smallest absolute Gasteiger partial charge is 0.141 e. The van der Waals surface area contributed by atoms with E-state index in [-0.39, 0.29) is 10.9 Å². The van der Waals surface area contributed by atoms with Crippen molar-refractivity contribution >= 4 is 17.4 Å². The molecular formula is C13H19ClFN3O. The van der Waals surface area contributed by atoms with Crippen LogP contribution in [-0.4, -0.2) is 37.5 Å². The van der Waals surface area contributed by atoms with Crippen molar-refractivity contribution in [2.75, 3.05) is 26.8 Å². The summed E-state index contributed by atoms with van der Waals surface area (Å²) in [6.07, 6.45) is 0.499. The lowest BCUT2D eigenvalue weighted by molar-refractivity contribution is 0.145. The fourth-order valence-corrected chi connectivity index (χ4v) is 1.87. The third-order valence-corrected chi connectivity index (χ3v) is 2.99. The van der Waals surface area contributed by atoms with Gasteiger partial charge in [-0.25, -0.2) is 4.39 Å². The van der Waals surface area contributed by atoms with E-state index in [0.717, 1.165) is 12.1 Å². The number of rotatable bonds is 8. The Morgan fingerprint density at radius 1 is 1.47 bits per heavy atom. The molecule has 0 unspecified atom stereocenters. The molecule has 0 aromatic heterocycles. The van der Waals surface area contributed by atoms with Crippen LogP contribution in [0.15, 0.2) is 18.2 Å². The second-order valence-corrected chi connectivity index (χ2v) is 4.70. The summed E-state index contributed by atoms with van der Waals surface area (Å²) in [5, 5.41) is 7.38. The van der Waals surface area contributed by atoms with Gasteiger partial charge < -0.3 is 10.5 Å². The van der Waals surface area contributed by atoms with Crippen molar-refractivity contribution in [2.24, 2.45) is 5.73 Å². The van der Waals surface area contributed by atoms with Gasteiger partial charge in [0.05, 0.1) is 17.5 Å². The van der Waals surface area contributed by atoms with Crippen molar-refractivity contribution in [3.05, 3.63) is 34.6 Å². The molecule has 19 heavy (non-hydrogen) atoms. The van der Waals surface area contributed by atoms with E-state index < -0.39 is 5.82 Å². The molecule has 0 atom stereocenters. The molecule has 3 N–H and O–H groups in total. The predicted molar refractivity (Wildman–Crippen MR) is 75.1 cm³/mol. The molecule has 0 amide bonds. The molecule has 0 spiro atoms. The molecular weight excluding hydrogens is 269 g/mol. The largest absolute Gasteiger partial charge is 0.388 e. The minimum absolute atomic E-state index is 0.121. The number of nitrogens with one attached hydrogen (secondary N) is 1. The van der Waals surface area contributed by atoms with Crippen LogP contribution in [0.1, 0.15) is 12.0 Å². The van der Waals surface area contributed by atoms with Crippen molar-refractivity contribution in [1.82, 2.24) is 4.90 Å². The van der Waals surface area contributed by atoms with Crippen LogP contribution in [0, 0.1) is 11.2 Å².